The Balaban J connectivity index is 1.67. The molecular formula is C30H45N7O8S2. The number of sulfonamides is 2. The number of aliphatic hydroxyl groups excluding tert-OH is 1. The van der Waals surface area contributed by atoms with Crippen molar-refractivity contribution in [1.82, 2.24) is 28.3 Å². The monoisotopic (exact) mass is 695 g/mol. The highest BCUT2D eigenvalue weighted by atomic mass is 32.2. The number of aliphatic hydroxyl groups is 1. The van der Waals surface area contributed by atoms with Gasteiger partial charge in [0.25, 0.3) is 26.0 Å². The topological polar surface area (TPSA) is 178 Å². The Hall–Kier alpha value is -3.51. The number of nitrogens with one attached hydrogen (secondary N) is 1. The van der Waals surface area contributed by atoms with E-state index in [1.54, 1.807) is 31.7 Å². The lowest BCUT2D eigenvalue weighted by Crippen LogP contribution is -2.48. The SMILES string of the molecule is C[C@@H]1CCCCO[C@@H](CN(C)S(=O)(=O)c2cn(C)cn2)[C@H](C)CN([C@@H](C)CO)C(=O)c2cc(NS(=O)(=O)c3cn(C)cn3)ccc2O1. The first-order valence-corrected chi connectivity index (χ1v) is 18.3. The van der Waals surface area contributed by atoms with Crippen LogP contribution in [-0.2, 0) is 38.9 Å². The van der Waals surface area contributed by atoms with E-state index < -0.39 is 38.1 Å². The number of ether oxygens (including phenoxy) is 2. The number of carbonyl (C=O) groups is 1. The zero-order chi connectivity index (χ0) is 34.5. The number of hydrogen-bond donors (Lipinski definition) is 2. The fourth-order valence-electron chi connectivity index (χ4n) is 5.22. The Morgan fingerprint density at radius 1 is 1.06 bits per heavy atom. The summed E-state index contributed by atoms with van der Waals surface area (Å²) in [7, 11) is -3.16. The third-order valence-corrected chi connectivity index (χ3v) is 11.0. The average Bonchev–Trinajstić information content (AvgIpc) is 3.67. The van der Waals surface area contributed by atoms with Crippen LogP contribution in [0.3, 0.4) is 0 Å². The Bertz CT molecular complexity index is 1740. The number of fused-ring (bicyclic) bond motifs is 1. The lowest BCUT2D eigenvalue weighted by Gasteiger charge is -2.35. The van der Waals surface area contributed by atoms with Crippen LogP contribution in [0.5, 0.6) is 5.75 Å². The lowest BCUT2D eigenvalue weighted by atomic mass is 10.0. The van der Waals surface area contributed by atoms with Gasteiger partial charge in [0.1, 0.15) is 5.75 Å². The second-order valence-electron chi connectivity index (χ2n) is 12.2. The van der Waals surface area contributed by atoms with Crippen molar-refractivity contribution in [3.8, 4) is 5.75 Å². The van der Waals surface area contributed by atoms with E-state index in [0.717, 1.165) is 6.42 Å². The molecule has 1 aromatic carbocycles. The van der Waals surface area contributed by atoms with Crippen LogP contribution in [0.1, 0.15) is 50.4 Å². The summed E-state index contributed by atoms with van der Waals surface area (Å²) < 4.78 is 71.9. The standard InChI is InChI=1S/C30H45N7O8S2/c1-21-14-37(22(2)18-38)30(39)25-13-24(33-46(40,41)28-16-34(4)19-31-28)10-11-26(25)45-23(3)9-7-8-12-44-27(21)15-36(6)47(42,43)29-17-35(5)20-32-29/h10-11,13,16-17,19-23,27,33,38H,7-9,12,14-15,18H2,1-6H3/t21-,22+,23-,27+/m1/s1. The Morgan fingerprint density at radius 2 is 1.72 bits per heavy atom. The molecule has 4 rings (SSSR count). The summed E-state index contributed by atoms with van der Waals surface area (Å²) in [6.45, 7) is 5.56. The van der Waals surface area contributed by atoms with Crippen molar-refractivity contribution in [3.63, 3.8) is 0 Å². The van der Waals surface area contributed by atoms with Gasteiger partial charge >= 0.3 is 0 Å². The van der Waals surface area contributed by atoms with Crippen molar-refractivity contribution in [2.24, 2.45) is 20.0 Å². The Kier molecular flexibility index (Phi) is 11.7. The first-order valence-electron chi connectivity index (χ1n) is 15.4. The molecule has 1 aliphatic rings. The number of imidazole rings is 2. The van der Waals surface area contributed by atoms with Crippen LogP contribution in [0.4, 0.5) is 5.69 Å². The fourth-order valence-corrected chi connectivity index (χ4v) is 7.39. The van der Waals surface area contributed by atoms with Crippen LogP contribution in [-0.4, -0.2) is 108 Å². The van der Waals surface area contributed by atoms with Crippen LogP contribution in [0.2, 0.25) is 0 Å². The molecule has 0 saturated heterocycles. The predicted molar refractivity (Wildman–Crippen MR) is 174 cm³/mol. The molecule has 15 nitrogen and oxygen atoms in total. The number of anilines is 1. The summed E-state index contributed by atoms with van der Waals surface area (Å²) in [4.78, 5) is 23.7. The molecule has 260 valence electrons. The minimum Gasteiger partial charge on any atom is -0.490 e. The van der Waals surface area contributed by atoms with E-state index >= 15 is 0 Å². The van der Waals surface area contributed by atoms with Crippen molar-refractivity contribution in [2.75, 3.05) is 38.1 Å². The normalized spacial score (nSPS) is 21.1. The smallest absolute Gasteiger partial charge is 0.280 e. The molecule has 0 fully saturated rings. The van der Waals surface area contributed by atoms with Crippen LogP contribution in [0, 0.1) is 5.92 Å². The Labute approximate surface area is 276 Å². The van der Waals surface area contributed by atoms with Gasteiger partial charge in [-0.2, -0.15) is 12.7 Å². The van der Waals surface area contributed by atoms with Gasteiger partial charge in [-0.05, 0) is 51.3 Å². The van der Waals surface area contributed by atoms with Crippen LogP contribution >= 0.6 is 0 Å². The number of carbonyl (C=O) groups excluding carboxylic acids is 1. The minimum absolute atomic E-state index is 0.00512. The summed E-state index contributed by atoms with van der Waals surface area (Å²) in [5.41, 5.74) is 0.238. The van der Waals surface area contributed by atoms with Crippen LogP contribution in [0.25, 0.3) is 0 Å². The molecule has 47 heavy (non-hydrogen) atoms. The van der Waals surface area contributed by atoms with Crippen molar-refractivity contribution in [2.45, 2.75) is 68.3 Å². The minimum atomic E-state index is -4.05. The number of likely N-dealkylation sites (N-methyl/N-ethyl adjacent to an activating group) is 1. The maximum atomic E-state index is 14.3. The second kappa shape index (κ2) is 15.1. The zero-order valence-electron chi connectivity index (χ0n) is 27.6. The predicted octanol–water partition coefficient (Wildman–Crippen LogP) is 2.07. The number of aromatic nitrogens is 4. The Morgan fingerprint density at radius 3 is 2.34 bits per heavy atom. The van der Waals surface area contributed by atoms with Gasteiger partial charge in [0.2, 0.25) is 0 Å². The highest BCUT2D eigenvalue weighted by Gasteiger charge is 2.33. The largest absolute Gasteiger partial charge is 0.490 e. The maximum Gasteiger partial charge on any atom is 0.280 e. The summed E-state index contributed by atoms with van der Waals surface area (Å²) in [6.07, 6.45) is 6.79. The number of nitrogens with zero attached hydrogens (tertiary/aromatic N) is 6. The summed E-state index contributed by atoms with van der Waals surface area (Å²) >= 11 is 0. The molecule has 4 atom stereocenters. The van der Waals surface area contributed by atoms with E-state index in [4.69, 9.17) is 9.47 Å². The van der Waals surface area contributed by atoms with Crippen molar-refractivity contribution < 1.29 is 36.2 Å². The first-order chi connectivity index (χ1) is 22.1. The molecule has 0 spiro atoms. The average molecular weight is 696 g/mol. The molecule has 2 aromatic heterocycles. The number of amides is 1. The third-order valence-electron chi connectivity index (χ3n) is 8.05. The van der Waals surface area contributed by atoms with Gasteiger partial charge in [0.15, 0.2) is 10.1 Å². The summed E-state index contributed by atoms with van der Waals surface area (Å²) in [6, 6.07) is 3.85. The zero-order valence-corrected chi connectivity index (χ0v) is 29.2. The second-order valence-corrected chi connectivity index (χ2v) is 15.8. The van der Waals surface area contributed by atoms with Crippen molar-refractivity contribution in [3.05, 3.63) is 48.8 Å². The third kappa shape index (κ3) is 8.90. The number of benzene rings is 1. The maximum absolute atomic E-state index is 14.3. The number of rotatable bonds is 9. The molecule has 0 aliphatic carbocycles. The van der Waals surface area contributed by atoms with E-state index in [2.05, 4.69) is 14.7 Å². The molecule has 0 radical (unpaired) electrons. The van der Waals surface area contributed by atoms with Gasteiger partial charge in [-0.3, -0.25) is 9.52 Å². The summed E-state index contributed by atoms with van der Waals surface area (Å²) in [5.74, 6) is -0.603. The molecule has 3 heterocycles. The molecule has 0 bridgehead atoms. The van der Waals surface area contributed by atoms with E-state index in [9.17, 15) is 26.7 Å². The number of aryl methyl sites for hydroxylation is 2. The van der Waals surface area contributed by atoms with Gasteiger partial charge in [0.05, 0.1) is 43.1 Å². The van der Waals surface area contributed by atoms with E-state index in [1.165, 1.54) is 58.0 Å². The highest BCUT2D eigenvalue weighted by molar-refractivity contribution is 7.92. The first kappa shape index (κ1) is 36.3. The van der Waals surface area contributed by atoms with E-state index in [1.807, 2.05) is 13.8 Å². The van der Waals surface area contributed by atoms with Gasteiger partial charge in [-0.25, -0.2) is 18.4 Å². The molecule has 0 saturated carbocycles. The van der Waals surface area contributed by atoms with Gasteiger partial charge in [-0.1, -0.05) is 6.92 Å². The molecule has 0 unspecified atom stereocenters. The molecule has 1 amide bonds. The van der Waals surface area contributed by atoms with Crippen molar-refractivity contribution in [1.29, 1.82) is 0 Å². The van der Waals surface area contributed by atoms with Gasteiger partial charge < -0.3 is 28.6 Å². The number of hydrogen-bond acceptors (Lipinski definition) is 10. The van der Waals surface area contributed by atoms with Gasteiger partial charge in [0, 0.05) is 64.8 Å². The van der Waals surface area contributed by atoms with Crippen LogP contribution in [0.15, 0.2) is 53.3 Å². The quantitative estimate of drug-likeness (QED) is 0.337. The molecule has 3 aromatic rings. The summed E-state index contributed by atoms with van der Waals surface area (Å²) in [5, 5.41) is 9.92. The molecule has 2 N–H and O–H groups in total. The lowest BCUT2D eigenvalue weighted by molar-refractivity contribution is -0.00835. The molecular weight excluding hydrogens is 651 g/mol. The van der Waals surface area contributed by atoms with E-state index in [0.29, 0.717) is 19.4 Å². The van der Waals surface area contributed by atoms with Crippen molar-refractivity contribution >= 4 is 31.6 Å². The van der Waals surface area contributed by atoms with Crippen LogP contribution < -0.4 is 9.46 Å². The fraction of sp³-hybridized carbons (Fsp3) is 0.567. The van der Waals surface area contributed by atoms with Gasteiger partial charge in [-0.15, -0.1) is 0 Å². The highest BCUT2D eigenvalue weighted by Crippen LogP contribution is 2.29. The van der Waals surface area contributed by atoms with E-state index in [-0.39, 0.29) is 58.8 Å². The molecule has 1 aliphatic heterocycles. The molecule has 17 heteroatoms.